The van der Waals surface area contributed by atoms with Crippen LogP contribution in [0.15, 0.2) is 53.7 Å². The molecule has 182 valence electrons. The zero-order valence-electron chi connectivity index (χ0n) is 19.1. The summed E-state index contributed by atoms with van der Waals surface area (Å²) < 4.78 is 48.9. The highest BCUT2D eigenvalue weighted by molar-refractivity contribution is 7.89. The van der Waals surface area contributed by atoms with E-state index < -0.39 is 15.8 Å². The molecule has 3 aromatic rings. The normalized spacial score (nSPS) is 17.6. The molecule has 0 saturated carbocycles. The lowest BCUT2D eigenvalue weighted by Crippen LogP contribution is -2.28. The van der Waals surface area contributed by atoms with Crippen molar-refractivity contribution in [1.29, 1.82) is 0 Å². The summed E-state index contributed by atoms with van der Waals surface area (Å²) in [7, 11) is -0.143. The van der Waals surface area contributed by atoms with E-state index in [4.69, 9.17) is 16.3 Å². The van der Waals surface area contributed by atoms with Crippen LogP contribution in [0, 0.1) is 11.7 Å². The first kappa shape index (κ1) is 24.7. The minimum atomic E-state index is -3.70. The third-order valence-corrected chi connectivity index (χ3v) is 7.75. The Morgan fingerprint density at radius 1 is 1.29 bits per heavy atom. The number of hydrogen-bond acceptors (Lipinski definition) is 5. The van der Waals surface area contributed by atoms with Gasteiger partial charge in [0.15, 0.2) is 11.6 Å². The van der Waals surface area contributed by atoms with Crippen molar-refractivity contribution in [2.75, 3.05) is 26.7 Å². The van der Waals surface area contributed by atoms with Gasteiger partial charge in [0.1, 0.15) is 11.5 Å². The molecule has 0 saturated heterocycles. The fraction of sp³-hybridized carbons (Fsp3) is 0.375. The highest BCUT2D eigenvalue weighted by Crippen LogP contribution is 2.42. The van der Waals surface area contributed by atoms with Crippen molar-refractivity contribution in [2.45, 2.75) is 23.7 Å². The average molecular weight is 507 g/mol. The number of halogens is 2. The van der Waals surface area contributed by atoms with Gasteiger partial charge in [0.25, 0.3) is 0 Å². The van der Waals surface area contributed by atoms with Crippen LogP contribution < -0.4 is 14.8 Å². The Bertz CT molecular complexity index is 1260. The van der Waals surface area contributed by atoms with Crippen molar-refractivity contribution in [1.82, 2.24) is 19.8 Å². The lowest BCUT2D eigenvalue weighted by atomic mass is 9.86. The molecular formula is C24H28ClFN4O3S. The summed E-state index contributed by atoms with van der Waals surface area (Å²) in [4.78, 5) is 0.0677. The van der Waals surface area contributed by atoms with Gasteiger partial charge in [-0.05, 0) is 79.2 Å². The molecule has 34 heavy (non-hydrogen) atoms. The molecule has 0 spiro atoms. The van der Waals surface area contributed by atoms with Gasteiger partial charge in [-0.15, -0.1) is 0 Å². The van der Waals surface area contributed by atoms with E-state index in [2.05, 4.69) is 21.2 Å². The highest BCUT2D eigenvalue weighted by atomic mass is 35.5. The van der Waals surface area contributed by atoms with Gasteiger partial charge in [-0.2, -0.15) is 5.10 Å². The second kappa shape index (κ2) is 10.4. The summed E-state index contributed by atoms with van der Waals surface area (Å²) in [6.45, 7) is 0.810. The number of rotatable bonds is 10. The monoisotopic (exact) mass is 506 g/mol. The molecule has 2 unspecified atom stereocenters. The van der Waals surface area contributed by atoms with E-state index in [0.717, 1.165) is 36.1 Å². The number of fused-ring (bicyclic) bond motifs is 1. The molecule has 2 atom stereocenters. The van der Waals surface area contributed by atoms with Gasteiger partial charge >= 0.3 is 0 Å². The summed E-state index contributed by atoms with van der Waals surface area (Å²) in [5, 5.41) is 7.81. The van der Waals surface area contributed by atoms with Crippen LogP contribution in [0.25, 0.3) is 0 Å². The van der Waals surface area contributed by atoms with Crippen molar-refractivity contribution in [3.8, 4) is 5.75 Å². The molecular weight excluding hydrogens is 479 g/mol. The Hall–Kier alpha value is -2.46. The summed E-state index contributed by atoms with van der Waals surface area (Å²) in [6, 6.07) is 11.1. The maximum atomic E-state index is 14.8. The number of ether oxygens (including phenoxy) is 1. The first-order valence-corrected chi connectivity index (χ1v) is 13.0. The number of aryl methyl sites for hydroxylation is 1. The molecule has 10 heteroatoms. The maximum Gasteiger partial charge on any atom is 0.243 e. The number of nitrogens with one attached hydrogen (secondary N) is 2. The lowest BCUT2D eigenvalue weighted by Gasteiger charge is -2.21. The largest absolute Gasteiger partial charge is 0.489 e. The summed E-state index contributed by atoms with van der Waals surface area (Å²) in [6.07, 6.45) is 4.25. The van der Waals surface area contributed by atoms with Crippen molar-refractivity contribution in [2.24, 2.45) is 13.0 Å². The zero-order valence-corrected chi connectivity index (χ0v) is 20.7. The quantitative estimate of drug-likeness (QED) is 0.412. The molecule has 4 rings (SSSR count). The first-order chi connectivity index (χ1) is 16.3. The second-order valence-electron chi connectivity index (χ2n) is 8.54. The van der Waals surface area contributed by atoms with Crippen molar-refractivity contribution in [3.05, 3.63) is 76.3 Å². The number of sulfonamides is 1. The standard InChI is InChI=1S/C24H28ClFN4O3S/c1-27-13-18-10-17-11-23(26)24(12-22(17)21(18)9-16-4-3-5-19(25)8-16)33-7-6-29-34(31,32)20-14-28-30(2)15-20/h3-5,8,11-12,14-15,18,21,27,29H,6-7,9-10,13H2,1-2H3. The molecule has 0 radical (unpaired) electrons. The molecule has 1 heterocycles. The van der Waals surface area contributed by atoms with Gasteiger partial charge in [0.2, 0.25) is 10.0 Å². The summed E-state index contributed by atoms with van der Waals surface area (Å²) >= 11 is 6.18. The van der Waals surface area contributed by atoms with Crippen molar-refractivity contribution >= 4 is 21.6 Å². The molecule has 0 amide bonds. The maximum absolute atomic E-state index is 14.8. The second-order valence-corrected chi connectivity index (χ2v) is 10.7. The van der Waals surface area contributed by atoms with Crippen molar-refractivity contribution < 1.29 is 17.5 Å². The predicted molar refractivity (Wildman–Crippen MR) is 129 cm³/mol. The van der Waals surface area contributed by atoms with Crippen LogP contribution in [-0.4, -0.2) is 44.9 Å². The van der Waals surface area contributed by atoms with Crippen molar-refractivity contribution in [3.63, 3.8) is 0 Å². The van der Waals surface area contributed by atoms with Crippen LogP contribution in [0.1, 0.15) is 22.6 Å². The Labute approximate surface area is 204 Å². The number of nitrogens with zero attached hydrogens (tertiary/aromatic N) is 2. The van der Waals surface area contributed by atoms with Gasteiger partial charge in [0, 0.05) is 24.8 Å². The Morgan fingerprint density at radius 2 is 2.12 bits per heavy atom. The molecule has 1 aromatic heterocycles. The van der Waals surface area contributed by atoms with Gasteiger partial charge in [-0.25, -0.2) is 17.5 Å². The third kappa shape index (κ3) is 5.60. The Kier molecular flexibility index (Phi) is 7.57. The number of hydrogen-bond donors (Lipinski definition) is 2. The molecule has 2 aromatic carbocycles. The van der Waals surface area contributed by atoms with E-state index in [0.29, 0.717) is 10.9 Å². The van der Waals surface area contributed by atoms with E-state index in [1.165, 1.54) is 17.1 Å². The fourth-order valence-electron chi connectivity index (χ4n) is 4.55. The van der Waals surface area contributed by atoms with Crippen LogP contribution in [0.4, 0.5) is 4.39 Å². The average Bonchev–Trinajstić information content (AvgIpc) is 3.36. The van der Waals surface area contributed by atoms with Crippen LogP contribution >= 0.6 is 11.6 Å². The molecule has 1 aliphatic rings. The van der Waals surface area contributed by atoms with Gasteiger partial charge in [-0.1, -0.05) is 23.7 Å². The molecule has 7 nitrogen and oxygen atoms in total. The molecule has 2 N–H and O–H groups in total. The first-order valence-electron chi connectivity index (χ1n) is 11.1. The molecule has 1 aliphatic carbocycles. The lowest BCUT2D eigenvalue weighted by molar-refractivity contribution is 0.305. The summed E-state index contributed by atoms with van der Waals surface area (Å²) in [5.41, 5.74) is 3.17. The van der Waals surface area contributed by atoms with Crippen LogP contribution in [0.3, 0.4) is 0 Å². The van der Waals surface area contributed by atoms with Crippen LogP contribution in [0.2, 0.25) is 5.02 Å². The SMILES string of the molecule is CNCC1Cc2cc(F)c(OCCNS(=O)(=O)c3cnn(C)c3)cc2C1Cc1cccc(Cl)c1. The highest BCUT2D eigenvalue weighted by Gasteiger charge is 2.33. The number of aromatic nitrogens is 2. The number of benzene rings is 2. The van der Waals surface area contributed by atoms with E-state index in [-0.39, 0.29) is 29.7 Å². The minimum Gasteiger partial charge on any atom is -0.489 e. The van der Waals surface area contributed by atoms with Gasteiger partial charge in [-0.3, -0.25) is 4.68 Å². The summed E-state index contributed by atoms with van der Waals surface area (Å²) in [5.74, 6) is 0.189. The van der Waals surface area contributed by atoms with Gasteiger partial charge < -0.3 is 10.1 Å². The molecule has 0 aliphatic heterocycles. The predicted octanol–water partition coefficient (Wildman–Crippen LogP) is 3.29. The van der Waals surface area contributed by atoms with E-state index in [1.54, 1.807) is 19.2 Å². The van der Waals surface area contributed by atoms with E-state index in [1.807, 2.05) is 25.2 Å². The van der Waals surface area contributed by atoms with E-state index in [9.17, 15) is 12.8 Å². The van der Waals surface area contributed by atoms with Crippen LogP contribution in [-0.2, 0) is 29.9 Å². The zero-order chi connectivity index (χ0) is 24.3. The smallest absolute Gasteiger partial charge is 0.243 e. The van der Waals surface area contributed by atoms with Gasteiger partial charge in [0.05, 0.1) is 6.20 Å². The molecule has 0 fully saturated rings. The van der Waals surface area contributed by atoms with E-state index >= 15 is 0 Å². The fourth-order valence-corrected chi connectivity index (χ4v) is 5.76. The Balaban J connectivity index is 1.46. The Morgan fingerprint density at radius 3 is 2.82 bits per heavy atom. The third-order valence-electron chi connectivity index (χ3n) is 6.10. The van der Waals surface area contributed by atoms with Crippen LogP contribution in [0.5, 0.6) is 5.75 Å². The molecule has 0 bridgehead atoms. The topological polar surface area (TPSA) is 85.2 Å². The minimum absolute atomic E-state index is 0.00206.